The minimum Gasteiger partial charge on any atom is -0.406 e. The lowest BCUT2D eigenvalue weighted by Crippen LogP contribution is -2.17. The van der Waals surface area contributed by atoms with Crippen molar-refractivity contribution < 1.29 is 23.0 Å². The maximum Gasteiger partial charge on any atom is 0.573 e. The molecule has 1 heterocycles. The Morgan fingerprint density at radius 3 is 2.45 bits per heavy atom. The van der Waals surface area contributed by atoms with Crippen molar-refractivity contribution in [1.82, 2.24) is 9.78 Å². The first-order chi connectivity index (χ1) is 9.33. The van der Waals surface area contributed by atoms with Crippen LogP contribution in [0.1, 0.15) is 11.7 Å². The van der Waals surface area contributed by atoms with Crippen molar-refractivity contribution in [1.29, 1.82) is 0 Å². The van der Waals surface area contributed by atoms with Gasteiger partial charge in [-0.25, -0.2) is 0 Å². The molecular formula is C12H10ClF3N2O2. The van der Waals surface area contributed by atoms with Crippen LogP contribution in [-0.2, 0) is 6.54 Å². The van der Waals surface area contributed by atoms with Gasteiger partial charge in [0.05, 0.1) is 23.9 Å². The van der Waals surface area contributed by atoms with E-state index in [4.69, 9.17) is 11.6 Å². The molecule has 1 aromatic carbocycles. The third kappa shape index (κ3) is 4.14. The van der Waals surface area contributed by atoms with Gasteiger partial charge < -0.3 is 9.84 Å². The first-order valence-electron chi connectivity index (χ1n) is 5.55. The molecule has 1 aromatic heterocycles. The smallest absolute Gasteiger partial charge is 0.406 e. The second-order valence-electron chi connectivity index (χ2n) is 4.01. The molecule has 8 heteroatoms. The molecule has 0 bridgehead atoms. The van der Waals surface area contributed by atoms with E-state index in [0.29, 0.717) is 10.6 Å². The van der Waals surface area contributed by atoms with Crippen molar-refractivity contribution in [2.45, 2.75) is 19.0 Å². The molecule has 0 aliphatic carbocycles. The first kappa shape index (κ1) is 14.7. The van der Waals surface area contributed by atoms with Gasteiger partial charge in [-0.05, 0) is 17.7 Å². The Hall–Kier alpha value is -1.73. The molecule has 1 N–H and O–H groups in total. The number of aromatic nitrogens is 2. The molecule has 0 saturated carbocycles. The summed E-state index contributed by atoms with van der Waals surface area (Å²) in [5.41, 5.74) is 0.450. The molecule has 0 aliphatic rings. The molecule has 2 aromatic rings. The molecule has 0 fully saturated rings. The lowest BCUT2D eigenvalue weighted by atomic mass is 10.1. The number of hydrogen-bond acceptors (Lipinski definition) is 3. The number of ether oxygens (including phenoxy) is 1. The van der Waals surface area contributed by atoms with E-state index < -0.39 is 12.5 Å². The monoisotopic (exact) mass is 306 g/mol. The normalized spacial score (nSPS) is 13.2. The maximum absolute atomic E-state index is 12.0. The molecule has 1 atom stereocenters. The number of alkyl halides is 3. The van der Waals surface area contributed by atoms with Gasteiger partial charge in [0, 0.05) is 6.20 Å². The van der Waals surface area contributed by atoms with Gasteiger partial charge in [0.25, 0.3) is 0 Å². The Morgan fingerprint density at radius 2 is 1.95 bits per heavy atom. The van der Waals surface area contributed by atoms with E-state index in [0.717, 1.165) is 12.1 Å². The van der Waals surface area contributed by atoms with Crippen molar-refractivity contribution >= 4 is 11.6 Å². The molecule has 20 heavy (non-hydrogen) atoms. The second kappa shape index (κ2) is 5.72. The largest absolute Gasteiger partial charge is 0.573 e. The number of halogens is 4. The van der Waals surface area contributed by atoms with Crippen LogP contribution in [0.4, 0.5) is 13.2 Å². The Balaban J connectivity index is 2.02. The van der Waals surface area contributed by atoms with E-state index in [9.17, 15) is 18.3 Å². The van der Waals surface area contributed by atoms with Gasteiger partial charge in [-0.3, -0.25) is 4.68 Å². The summed E-state index contributed by atoms with van der Waals surface area (Å²) in [5.74, 6) is -0.337. The van der Waals surface area contributed by atoms with Gasteiger partial charge in [-0.15, -0.1) is 13.2 Å². The highest BCUT2D eigenvalue weighted by molar-refractivity contribution is 6.30. The molecule has 108 valence electrons. The molecule has 2 rings (SSSR count). The van der Waals surface area contributed by atoms with E-state index in [2.05, 4.69) is 9.84 Å². The summed E-state index contributed by atoms with van der Waals surface area (Å²) in [6, 6.07) is 5.00. The molecule has 0 aliphatic heterocycles. The molecule has 4 nitrogen and oxygen atoms in total. The van der Waals surface area contributed by atoms with Crippen LogP contribution in [0.3, 0.4) is 0 Å². The van der Waals surface area contributed by atoms with E-state index >= 15 is 0 Å². The highest BCUT2D eigenvalue weighted by atomic mass is 35.5. The molecule has 0 radical (unpaired) electrons. The average molecular weight is 307 g/mol. The van der Waals surface area contributed by atoms with Crippen LogP contribution in [0, 0.1) is 0 Å². The molecule has 0 saturated heterocycles. The summed E-state index contributed by atoms with van der Waals surface area (Å²) < 4.78 is 41.2. The highest BCUT2D eigenvalue weighted by Gasteiger charge is 2.31. The van der Waals surface area contributed by atoms with E-state index in [1.807, 2.05) is 0 Å². The lowest BCUT2D eigenvalue weighted by Gasteiger charge is -2.13. The molecule has 0 spiro atoms. The van der Waals surface area contributed by atoms with Crippen LogP contribution in [0.2, 0.25) is 5.02 Å². The number of rotatable bonds is 4. The zero-order chi connectivity index (χ0) is 14.8. The number of hydrogen-bond donors (Lipinski definition) is 1. The maximum atomic E-state index is 12.0. The standard InChI is InChI=1S/C12H10ClF3N2O2/c13-9-5-17-18(6-9)7-11(19)8-1-3-10(4-2-8)20-12(14,15)16/h1-6,11,19H,7H2/t11-/m1/s1. The van der Waals surface area contributed by atoms with Gasteiger partial charge in [-0.1, -0.05) is 23.7 Å². The van der Waals surface area contributed by atoms with Crippen LogP contribution in [-0.4, -0.2) is 21.2 Å². The van der Waals surface area contributed by atoms with Crippen molar-refractivity contribution in [2.24, 2.45) is 0 Å². The predicted octanol–water partition coefficient (Wildman–Crippen LogP) is 3.17. The van der Waals surface area contributed by atoms with Gasteiger partial charge in [0.15, 0.2) is 0 Å². The fourth-order valence-corrected chi connectivity index (χ4v) is 1.77. The second-order valence-corrected chi connectivity index (χ2v) is 4.45. The molecule has 0 amide bonds. The third-order valence-electron chi connectivity index (χ3n) is 2.46. The Kier molecular flexibility index (Phi) is 4.20. The number of aliphatic hydroxyl groups is 1. The third-order valence-corrected chi connectivity index (χ3v) is 2.66. The fourth-order valence-electron chi connectivity index (χ4n) is 1.61. The number of aliphatic hydroxyl groups excluding tert-OH is 1. The van der Waals surface area contributed by atoms with Crippen LogP contribution in [0.5, 0.6) is 5.75 Å². The molecular weight excluding hydrogens is 297 g/mol. The minimum absolute atomic E-state index is 0.145. The van der Waals surface area contributed by atoms with E-state index in [1.165, 1.54) is 29.2 Å². The van der Waals surface area contributed by atoms with Gasteiger partial charge >= 0.3 is 6.36 Å². The topological polar surface area (TPSA) is 47.3 Å². The summed E-state index contributed by atoms with van der Waals surface area (Å²) in [4.78, 5) is 0. The summed E-state index contributed by atoms with van der Waals surface area (Å²) in [7, 11) is 0. The van der Waals surface area contributed by atoms with Crippen molar-refractivity contribution in [3.63, 3.8) is 0 Å². The van der Waals surface area contributed by atoms with Crippen LogP contribution >= 0.6 is 11.6 Å². The summed E-state index contributed by atoms with van der Waals surface area (Å²) in [5, 5.41) is 14.3. The average Bonchev–Trinajstić information content (AvgIpc) is 2.73. The summed E-state index contributed by atoms with van der Waals surface area (Å²) in [6.07, 6.45) is -2.68. The minimum atomic E-state index is -4.73. The predicted molar refractivity (Wildman–Crippen MR) is 65.3 cm³/mol. The van der Waals surface area contributed by atoms with Crippen LogP contribution < -0.4 is 4.74 Å². The van der Waals surface area contributed by atoms with E-state index in [1.54, 1.807) is 0 Å². The zero-order valence-corrected chi connectivity index (χ0v) is 10.8. The van der Waals surface area contributed by atoms with Gasteiger partial charge in [0.1, 0.15) is 5.75 Å². The Bertz CT molecular complexity index is 569. The van der Waals surface area contributed by atoms with Crippen LogP contribution in [0.15, 0.2) is 36.7 Å². The highest BCUT2D eigenvalue weighted by Crippen LogP contribution is 2.24. The van der Waals surface area contributed by atoms with Crippen molar-refractivity contribution in [2.75, 3.05) is 0 Å². The van der Waals surface area contributed by atoms with Crippen LogP contribution in [0.25, 0.3) is 0 Å². The lowest BCUT2D eigenvalue weighted by molar-refractivity contribution is -0.274. The fraction of sp³-hybridized carbons (Fsp3) is 0.250. The first-order valence-corrected chi connectivity index (χ1v) is 5.93. The van der Waals surface area contributed by atoms with Crippen molar-refractivity contribution in [3.05, 3.63) is 47.2 Å². The quantitative estimate of drug-likeness (QED) is 0.944. The van der Waals surface area contributed by atoms with Crippen molar-refractivity contribution in [3.8, 4) is 5.75 Å². The van der Waals surface area contributed by atoms with Gasteiger partial charge in [0.2, 0.25) is 0 Å². The number of benzene rings is 1. The van der Waals surface area contributed by atoms with Gasteiger partial charge in [-0.2, -0.15) is 5.10 Å². The number of nitrogens with zero attached hydrogens (tertiary/aromatic N) is 2. The Morgan fingerprint density at radius 1 is 1.30 bits per heavy atom. The Labute approximate surface area is 117 Å². The zero-order valence-electron chi connectivity index (χ0n) is 10.0. The molecule has 0 unspecified atom stereocenters. The SMILES string of the molecule is O[C@H](Cn1cc(Cl)cn1)c1ccc(OC(F)(F)F)cc1. The summed E-state index contributed by atoms with van der Waals surface area (Å²) >= 11 is 5.68. The van der Waals surface area contributed by atoms with E-state index in [-0.39, 0.29) is 12.3 Å². The summed E-state index contributed by atoms with van der Waals surface area (Å²) in [6.45, 7) is 0.145.